The van der Waals surface area contributed by atoms with Gasteiger partial charge in [-0.15, -0.1) is 0 Å². The van der Waals surface area contributed by atoms with Crippen LogP contribution in [0, 0.1) is 11.6 Å². The lowest BCUT2D eigenvalue weighted by Gasteiger charge is -2.08. The van der Waals surface area contributed by atoms with E-state index in [0.29, 0.717) is 11.9 Å². The SMILES string of the molecule is COc1ccc(CNC(=O)CNC(=O)c2ccc(F)cc2F)cn1. The van der Waals surface area contributed by atoms with Crippen LogP contribution in [-0.2, 0) is 11.3 Å². The van der Waals surface area contributed by atoms with Crippen LogP contribution < -0.4 is 15.4 Å². The molecule has 0 saturated carbocycles. The average molecular weight is 335 g/mol. The lowest BCUT2D eigenvalue weighted by atomic mass is 10.2. The third kappa shape index (κ3) is 4.73. The van der Waals surface area contributed by atoms with E-state index in [9.17, 15) is 18.4 Å². The van der Waals surface area contributed by atoms with Crippen molar-refractivity contribution >= 4 is 11.8 Å². The number of benzene rings is 1. The van der Waals surface area contributed by atoms with Gasteiger partial charge in [0.05, 0.1) is 19.2 Å². The highest BCUT2D eigenvalue weighted by atomic mass is 19.1. The van der Waals surface area contributed by atoms with Gasteiger partial charge in [-0.2, -0.15) is 0 Å². The van der Waals surface area contributed by atoms with Gasteiger partial charge in [-0.3, -0.25) is 9.59 Å². The number of amides is 2. The van der Waals surface area contributed by atoms with Gasteiger partial charge in [0.25, 0.3) is 5.91 Å². The smallest absolute Gasteiger partial charge is 0.254 e. The third-order valence-corrected chi connectivity index (χ3v) is 3.08. The Balaban J connectivity index is 1.80. The van der Waals surface area contributed by atoms with Crippen molar-refractivity contribution in [3.05, 3.63) is 59.3 Å². The molecule has 0 spiro atoms. The molecule has 0 radical (unpaired) electrons. The number of aromatic nitrogens is 1. The van der Waals surface area contributed by atoms with Crippen LogP contribution >= 0.6 is 0 Å². The summed E-state index contributed by atoms with van der Waals surface area (Å²) in [4.78, 5) is 27.4. The molecule has 2 amide bonds. The van der Waals surface area contributed by atoms with Gasteiger partial charge < -0.3 is 15.4 Å². The zero-order valence-corrected chi connectivity index (χ0v) is 12.8. The Hall–Kier alpha value is -3.03. The number of nitrogens with one attached hydrogen (secondary N) is 2. The highest BCUT2D eigenvalue weighted by Gasteiger charge is 2.13. The van der Waals surface area contributed by atoms with E-state index in [0.717, 1.165) is 17.7 Å². The number of halogens is 2. The molecule has 0 bridgehead atoms. The van der Waals surface area contributed by atoms with Crippen LogP contribution in [0.2, 0.25) is 0 Å². The summed E-state index contributed by atoms with van der Waals surface area (Å²) >= 11 is 0. The number of ether oxygens (including phenoxy) is 1. The molecule has 126 valence electrons. The first kappa shape index (κ1) is 17.3. The molecule has 0 unspecified atom stereocenters. The summed E-state index contributed by atoms with van der Waals surface area (Å²) in [5.74, 6) is -2.57. The fourth-order valence-corrected chi connectivity index (χ4v) is 1.83. The molecule has 8 heteroatoms. The number of hydrogen-bond donors (Lipinski definition) is 2. The van der Waals surface area contributed by atoms with Crippen LogP contribution in [0.1, 0.15) is 15.9 Å². The number of carbonyl (C=O) groups is 2. The first-order valence-electron chi connectivity index (χ1n) is 6.98. The lowest BCUT2D eigenvalue weighted by molar-refractivity contribution is -0.120. The zero-order chi connectivity index (χ0) is 17.5. The Kier molecular flexibility index (Phi) is 5.78. The largest absolute Gasteiger partial charge is 0.481 e. The molecule has 6 nitrogen and oxygen atoms in total. The van der Waals surface area contributed by atoms with E-state index >= 15 is 0 Å². The fraction of sp³-hybridized carbons (Fsp3) is 0.188. The second-order valence-corrected chi connectivity index (χ2v) is 4.79. The number of hydrogen-bond acceptors (Lipinski definition) is 4. The van der Waals surface area contributed by atoms with Gasteiger partial charge in [-0.1, -0.05) is 6.07 Å². The topological polar surface area (TPSA) is 80.3 Å². The molecule has 1 aromatic carbocycles. The molecule has 0 fully saturated rings. The van der Waals surface area contributed by atoms with Crippen molar-refractivity contribution in [2.45, 2.75) is 6.54 Å². The molecule has 0 saturated heterocycles. The normalized spacial score (nSPS) is 10.1. The molecule has 0 aliphatic heterocycles. The number of carbonyl (C=O) groups excluding carboxylic acids is 2. The van der Waals surface area contributed by atoms with Crippen molar-refractivity contribution in [3.8, 4) is 5.88 Å². The summed E-state index contributed by atoms with van der Waals surface area (Å²) < 4.78 is 31.1. The van der Waals surface area contributed by atoms with Crippen molar-refractivity contribution < 1.29 is 23.1 Å². The molecule has 1 aromatic heterocycles. The summed E-state index contributed by atoms with van der Waals surface area (Å²) in [5, 5.41) is 4.84. The molecule has 2 aromatic rings. The van der Waals surface area contributed by atoms with Crippen LogP contribution in [-0.4, -0.2) is 30.5 Å². The Morgan fingerprint density at radius 1 is 1.17 bits per heavy atom. The zero-order valence-electron chi connectivity index (χ0n) is 12.8. The average Bonchev–Trinajstić information content (AvgIpc) is 2.58. The van der Waals surface area contributed by atoms with Crippen LogP contribution in [0.5, 0.6) is 5.88 Å². The molecule has 2 N–H and O–H groups in total. The van der Waals surface area contributed by atoms with Gasteiger partial charge in [-0.25, -0.2) is 13.8 Å². The van der Waals surface area contributed by atoms with Crippen molar-refractivity contribution in [3.63, 3.8) is 0 Å². The van der Waals surface area contributed by atoms with E-state index in [-0.39, 0.29) is 18.7 Å². The van der Waals surface area contributed by atoms with E-state index < -0.39 is 23.4 Å². The molecule has 0 atom stereocenters. The Labute approximate surface area is 136 Å². The predicted molar refractivity (Wildman–Crippen MR) is 81.3 cm³/mol. The van der Waals surface area contributed by atoms with Crippen LogP contribution in [0.3, 0.4) is 0 Å². The van der Waals surface area contributed by atoms with Crippen molar-refractivity contribution in [1.82, 2.24) is 15.6 Å². The molecule has 2 rings (SSSR count). The second-order valence-electron chi connectivity index (χ2n) is 4.79. The van der Waals surface area contributed by atoms with E-state index in [2.05, 4.69) is 15.6 Å². The molecule has 1 heterocycles. The van der Waals surface area contributed by atoms with Gasteiger partial charge in [-0.05, 0) is 17.7 Å². The van der Waals surface area contributed by atoms with E-state index in [1.807, 2.05) is 0 Å². The van der Waals surface area contributed by atoms with Gasteiger partial charge in [0, 0.05) is 24.9 Å². The summed E-state index contributed by atoms with van der Waals surface area (Å²) in [6.45, 7) is -0.115. The monoisotopic (exact) mass is 335 g/mol. The maximum absolute atomic E-state index is 13.4. The summed E-state index contributed by atoms with van der Waals surface area (Å²) in [7, 11) is 1.50. The van der Waals surface area contributed by atoms with E-state index in [4.69, 9.17) is 4.74 Å². The van der Waals surface area contributed by atoms with Crippen LogP contribution in [0.25, 0.3) is 0 Å². The summed E-state index contributed by atoms with van der Waals surface area (Å²) in [6.07, 6.45) is 1.55. The maximum Gasteiger partial charge on any atom is 0.254 e. The van der Waals surface area contributed by atoms with Crippen LogP contribution in [0.15, 0.2) is 36.5 Å². The minimum Gasteiger partial charge on any atom is -0.481 e. The lowest BCUT2D eigenvalue weighted by Crippen LogP contribution is -2.36. The highest BCUT2D eigenvalue weighted by Crippen LogP contribution is 2.09. The van der Waals surface area contributed by atoms with Gasteiger partial charge in [0.2, 0.25) is 11.8 Å². The highest BCUT2D eigenvalue weighted by molar-refractivity contribution is 5.96. The van der Waals surface area contributed by atoms with Crippen LogP contribution in [0.4, 0.5) is 8.78 Å². The van der Waals surface area contributed by atoms with Gasteiger partial charge >= 0.3 is 0 Å². The Morgan fingerprint density at radius 3 is 2.58 bits per heavy atom. The summed E-state index contributed by atoms with van der Waals surface area (Å²) in [6, 6.07) is 5.97. The first-order chi connectivity index (χ1) is 11.5. The Morgan fingerprint density at radius 2 is 1.96 bits per heavy atom. The third-order valence-electron chi connectivity index (χ3n) is 3.08. The maximum atomic E-state index is 13.4. The van der Waals surface area contributed by atoms with Crippen molar-refractivity contribution in [2.75, 3.05) is 13.7 Å². The minimum absolute atomic E-state index is 0.219. The number of nitrogens with zero attached hydrogens (tertiary/aromatic N) is 1. The molecule has 0 aliphatic rings. The Bertz CT molecular complexity index is 736. The molecule has 0 aliphatic carbocycles. The van der Waals surface area contributed by atoms with Crippen molar-refractivity contribution in [2.24, 2.45) is 0 Å². The quantitative estimate of drug-likeness (QED) is 0.837. The predicted octanol–water partition coefficient (Wildman–Crippen LogP) is 1.41. The van der Waals surface area contributed by atoms with E-state index in [1.165, 1.54) is 7.11 Å². The van der Waals surface area contributed by atoms with Gasteiger partial charge in [0.1, 0.15) is 11.6 Å². The number of methoxy groups -OCH3 is 1. The van der Waals surface area contributed by atoms with Gasteiger partial charge in [0.15, 0.2) is 0 Å². The van der Waals surface area contributed by atoms with E-state index in [1.54, 1.807) is 18.3 Å². The molecule has 24 heavy (non-hydrogen) atoms. The molecular formula is C16H15F2N3O3. The van der Waals surface area contributed by atoms with Crippen molar-refractivity contribution in [1.29, 1.82) is 0 Å². The molecular weight excluding hydrogens is 320 g/mol. The second kappa shape index (κ2) is 8.00. The standard InChI is InChI=1S/C16H15F2N3O3/c1-24-15-5-2-10(8-20-15)7-19-14(22)9-21-16(23)12-4-3-11(17)6-13(12)18/h2-6,8H,7,9H2,1H3,(H,19,22)(H,21,23). The fourth-order valence-electron chi connectivity index (χ4n) is 1.83. The minimum atomic E-state index is -0.989. The summed E-state index contributed by atoms with van der Waals surface area (Å²) in [5.41, 5.74) is 0.420. The first-order valence-corrected chi connectivity index (χ1v) is 6.98. The number of rotatable bonds is 6. The number of pyridine rings is 1.